The second-order valence-electron chi connectivity index (χ2n) is 5.14. The van der Waals surface area contributed by atoms with Crippen LogP contribution in [0.15, 0.2) is 33.8 Å². The third-order valence-electron chi connectivity index (χ3n) is 3.95. The quantitative estimate of drug-likeness (QED) is 0.811. The Morgan fingerprint density at radius 2 is 2.00 bits per heavy atom. The zero-order valence-electron chi connectivity index (χ0n) is 10.6. The number of hydrogen-bond acceptors (Lipinski definition) is 2. The minimum Gasteiger partial charge on any atom is -0.463 e. The molecule has 1 aliphatic carbocycles. The van der Waals surface area contributed by atoms with Crippen molar-refractivity contribution in [3.05, 3.63) is 30.0 Å². The summed E-state index contributed by atoms with van der Waals surface area (Å²) in [5, 5.41) is 1.03. The molecule has 1 atom stereocenters. The molecule has 1 unspecified atom stereocenters. The summed E-state index contributed by atoms with van der Waals surface area (Å²) in [5.41, 5.74) is 2.23. The predicted octanol–water partition coefficient (Wildman–Crippen LogP) is 4.22. The highest BCUT2D eigenvalue weighted by molar-refractivity contribution is 7.84. The smallest absolute Gasteiger partial charge is 0.135 e. The third-order valence-corrected chi connectivity index (χ3v) is 4.88. The average Bonchev–Trinajstić information content (AvgIpc) is 2.82. The molecular formula is C15H18O2S. The molecule has 18 heavy (non-hydrogen) atoms. The van der Waals surface area contributed by atoms with Crippen LogP contribution in [0.3, 0.4) is 0 Å². The van der Waals surface area contributed by atoms with E-state index in [-0.39, 0.29) is 0 Å². The first-order valence-corrected chi connectivity index (χ1v) is 8.16. The van der Waals surface area contributed by atoms with Crippen LogP contribution in [0, 0.1) is 0 Å². The molecule has 2 nitrogen and oxygen atoms in total. The number of hydrogen-bond donors (Lipinski definition) is 0. The van der Waals surface area contributed by atoms with E-state index in [2.05, 4.69) is 12.1 Å². The summed E-state index contributed by atoms with van der Waals surface area (Å²) in [5.74, 6) is 0.677. The van der Waals surface area contributed by atoms with Crippen molar-refractivity contribution in [3.63, 3.8) is 0 Å². The van der Waals surface area contributed by atoms with E-state index in [0.717, 1.165) is 15.9 Å². The van der Waals surface area contributed by atoms with Crippen LogP contribution in [0.4, 0.5) is 0 Å². The van der Waals surface area contributed by atoms with Gasteiger partial charge in [-0.15, -0.1) is 0 Å². The molecule has 0 radical (unpaired) electrons. The van der Waals surface area contributed by atoms with Gasteiger partial charge in [0, 0.05) is 11.6 Å². The lowest BCUT2D eigenvalue weighted by Gasteiger charge is -2.21. The maximum atomic E-state index is 11.7. The second kappa shape index (κ2) is 4.88. The van der Waals surface area contributed by atoms with E-state index in [1.165, 1.54) is 37.7 Å². The lowest BCUT2D eigenvalue weighted by molar-refractivity contribution is 0.444. The topological polar surface area (TPSA) is 30.2 Å². The molecule has 0 N–H and O–H groups in total. The summed E-state index contributed by atoms with van der Waals surface area (Å²) in [6.45, 7) is 0. The first-order chi connectivity index (χ1) is 8.75. The van der Waals surface area contributed by atoms with E-state index in [1.54, 1.807) is 12.5 Å². The molecule has 2 aromatic rings. The summed E-state index contributed by atoms with van der Waals surface area (Å²) in [6, 6.07) is 6.38. The van der Waals surface area contributed by atoms with Gasteiger partial charge in [0.05, 0.1) is 15.7 Å². The van der Waals surface area contributed by atoms with Crippen LogP contribution < -0.4 is 0 Å². The van der Waals surface area contributed by atoms with Gasteiger partial charge in [-0.2, -0.15) is 0 Å². The Labute approximate surface area is 110 Å². The SMILES string of the molecule is CS(=O)c1coc2ccc(C3CCCCC3)cc12. The van der Waals surface area contributed by atoms with Gasteiger partial charge in [0.25, 0.3) is 0 Å². The van der Waals surface area contributed by atoms with Crippen molar-refractivity contribution in [2.24, 2.45) is 0 Å². The van der Waals surface area contributed by atoms with Gasteiger partial charge in [-0.1, -0.05) is 25.3 Å². The summed E-state index contributed by atoms with van der Waals surface area (Å²) >= 11 is 0. The van der Waals surface area contributed by atoms with E-state index in [0.29, 0.717) is 5.92 Å². The minimum absolute atomic E-state index is 0.677. The van der Waals surface area contributed by atoms with Gasteiger partial charge < -0.3 is 4.42 Å². The Morgan fingerprint density at radius 3 is 2.72 bits per heavy atom. The average molecular weight is 262 g/mol. The van der Waals surface area contributed by atoms with E-state index in [1.807, 2.05) is 6.07 Å². The minimum atomic E-state index is -0.979. The molecule has 0 amide bonds. The first kappa shape index (κ1) is 12.0. The normalized spacial score (nSPS) is 19.2. The fraction of sp³-hybridized carbons (Fsp3) is 0.467. The number of benzene rings is 1. The Hall–Kier alpha value is -1.09. The molecule has 0 saturated heterocycles. The molecule has 96 valence electrons. The van der Waals surface area contributed by atoms with Gasteiger partial charge in [-0.05, 0) is 36.5 Å². The highest BCUT2D eigenvalue weighted by Crippen LogP contribution is 2.35. The van der Waals surface area contributed by atoms with E-state index >= 15 is 0 Å². The molecule has 1 aromatic heterocycles. The fourth-order valence-electron chi connectivity index (χ4n) is 2.94. The highest BCUT2D eigenvalue weighted by Gasteiger charge is 2.17. The second-order valence-corrected chi connectivity index (χ2v) is 6.49. The van der Waals surface area contributed by atoms with Crippen LogP contribution in [0.5, 0.6) is 0 Å². The van der Waals surface area contributed by atoms with E-state index < -0.39 is 10.8 Å². The van der Waals surface area contributed by atoms with Crippen LogP contribution in [0.1, 0.15) is 43.6 Å². The molecule has 1 fully saturated rings. The molecule has 0 aliphatic heterocycles. The molecule has 1 aliphatic rings. The molecule has 3 heteroatoms. The van der Waals surface area contributed by atoms with Crippen molar-refractivity contribution in [3.8, 4) is 0 Å². The molecule has 0 bridgehead atoms. The van der Waals surface area contributed by atoms with Crippen LogP contribution in [0.25, 0.3) is 11.0 Å². The van der Waals surface area contributed by atoms with Crippen molar-refractivity contribution in [2.75, 3.05) is 6.26 Å². The fourth-order valence-corrected chi connectivity index (χ4v) is 3.59. The predicted molar refractivity (Wildman–Crippen MR) is 74.4 cm³/mol. The molecule has 1 saturated carbocycles. The van der Waals surface area contributed by atoms with E-state index in [4.69, 9.17) is 4.42 Å². The lowest BCUT2D eigenvalue weighted by atomic mass is 9.84. The van der Waals surface area contributed by atoms with Gasteiger partial charge in [-0.25, -0.2) is 0 Å². The van der Waals surface area contributed by atoms with Gasteiger partial charge in [0.1, 0.15) is 11.8 Å². The Bertz CT molecular complexity index is 579. The number of rotatable bonds is 2. The molecule has 1 heterocycles. The highest BCUT2D eigenvalue weighted by atomic mass is 32.2. The maximum Gasteiger partial charge on any atom is 0.135 e. The Kier molecular flexibility index (Phi) is 3.25. The number of furan rings is 1. The van der Waals surface area contributed by atoms with Crippen LogP contribution in [-0.4, -0.2) is 10.5 Å². The first-order valence-electron chi connectivity index (χ1n) is 6.60. The monoisotopic (exact) mass is 262 g/mol. The summed E-state index contributed by atoms with van der Waals surface area (Å²) in [4.78, 5) is 0.822. The standard InChI is InChI=1S/C15H18O2S/c1-18(16)15-10-17-14-8-7-12(9-13(14)15)11-5-3-2-4-6-11/h7-11H,2-6H2,1H3. The van der Waals surface area contributed by atoms with Crippen molar-refractivity contribution in [1.29, 1.82) is 0 Å². The van der Waals surface area contributed by atoms with Crippen molar-refractivity contribution in [1.82, 2.24) is 0 Å². The zero-order valence-corrected chi connectivity index (χ0v) is 11.5. The molecule has 0 spiro atoms. The van der Waals surface area contributed by atoms with Gasteiger partial charge in [0.2, 0.25) is 0 Å². The van der Waals surface area contributed by atoms with Crippen LogP contribution in [0.2, 0.25) is 0 Å². The molecule has 1 aromatic carbocycles. The third kappa shape index (κ3) is 2.12. The zero-order chi connectivity index (χ0) is 12.5. The summed E-state index contributed by atoms with van der Waals surface area (Å²) in [6.07, 6.45) is 9.95. The maximum absolute atomic E-state index is 11.7. The molecule has 3 rings (SSSR count). The van der Waals surface area contributed by atoms with Gasteiger partial charge in [0.15, 0.2) is 0 Å². The Balaban J connectivity index is 2.03. The van der Waals surface area contributed by atoms with Crippen molar-refractivity contribution >= 4 is 21.8 Å². The summed E-state index contributed by atoms with van der Waals surface area (Å²) in [7, 11) is -0.979. The van der Waals surface area contributed by atoms with E-state index in [9.17, 15) is 4.21 Å². The van der Waals surface area contributed by atoms with Crippen molar-refractivity contribution < 1.29 is 8.63 Å². The van der Waals surface area contributed by atoms with Gasteiger partial charge in [-0.3, -0.25) is 4.21 Å². The number of fused-ring (bicyclic) bond motifs is 1. The van der Waals surface area contributed by atoms with Crippen LogP contribution in [-0.2, 0) is 10.8 Å². The van der Waals surface area contributed by atoms with Crippen molar-refractivity contribution in [2.45, 2.75) is 42.9 Å². The summed E-state index contributed by atoms with van der Waals surface area (Å²) < 4.78 is 17.1. The Morgan fingerprint density at radius 1 is 1.22 bits per heavy atom. The largest absolute Gasteiger partial charge is 0.463 e. The van der Waals surface area contributed by atoms with Gasteiger partial charge >= 0.3 is 0 Å². The van der Waals surface area contributed by atoms with Crippen LogP contribution >= 0.6 is 0 Å². The molecular weight excluding hydrogens is 244 g/mol. The lowest BCUT2D eigenvalue weighted by Crippen LogP contribution is -2.04.